The quantitative estimate of drug-likeness (QED) is 0.612. The number of hydrazone groups is 1. The Kier molecular flexibility index (Phi) is 5.13. The van der Waals surface area contributed by atoms with Gasteiger partial charge in [0.15, 0.2) is 0 Å². The molecule has 3 heterocycles. The average molecular weight is 442 g/mol. The molecule has 8 heteroatoms. The lowest BCUT2D eigenvalue weighted by molar-refractivity contribution is 0.107. The van der Waals surface area contributed by atoms with Crippen LogP contribution in [0.25, 0.3) is 10.8 Å². The summed E-state index contributed by atoms with van der Waals surface area (Å²) < 4.78 is 0. The van der Waals surface area contributed by atoms with E-state index in [1.54, 1.807) is 0 Å². The predicted octanol–water partition coefficient (Wildman–Crippen LogP) is 4.02. The number of rotatable bonds is 4. The number of ketones is 1. The van der Waals surface area contributed by atoms with Gasteiger partial charge in [0.05, 0.1) is 0 Å². The number of benzene rings is 2. The average Bonchev–Trinajstić information content (AvgIpc) is 3.16. The maximum Gasteiger partial charge on any atom is 0.250 e. The Morgan fingerprint density at radius 1 is 0.727 bits per heavy atom. The van der Waals surface area contributed by atoms with Crippen LogP contribution in [-0.4, -0.2) is 52.6 Å². The minimum Gasteiger partial charge on any atom is -0.341 e. The molecule has 1 aliphatic carbocycles. The molecular formula is C25H27N7O. The van der Waals surface area contributed by atoms with E-state index in [2.05, 4.69) is 30.3 Å². The maximum atomic E-state index is 13.1. The number of hydrogen-bond donors (Lipinski definition) is 1. The van der Waals surface area contributed by atoms with E-state index in [4.69, 9.17) is 4.98 Å². The molecule has 6 rings (SSSR count). The topological polar surface area (TPSA) is 86.6 Å². The number of nitrogens with zero attached hydrogens (tertiary/aromatic N) is 6. The van der Waals surface area contributed by atoms with E-state index in [1.165, 1.54) is 12.8 Å². The molecular weight excluding hydrogens is 414 g/mol. The van der Waals surface area contributed by atoms with Crippen LogP contribution in [0.2, 0.25) is 0 Å². The zero-order chi connectivity index (χ0) is 22.2. The number of aromatic nitrogens is 3. The Hall–Kier alpha value is -3.55. The molecule has 0 spiro atoms. The van der Waals surface area contributed by atoms with Gasteiger partial charge in [0, 0.05) is 42.7 Å². The molecule has 2 aliphatic heterocycles. The van der Waals surface area contributed by atoms with Gasteiger partial charge in [-0.15, -0.1) is 0 Å². The summed E-state index contributed by atoms with van der Waals surface area (Å²) in [7, 11) is 0. The van der Waals surface area contributed by atoms with Crippen LogP contribution in [0, 0.1) is 0 Å². The van der Waals surface area contributed by atoms with Gasteiger partial charge < -0.3 is 9.80 Å². The highest BCUT2D eigenvalue weighted by atomic mass is 16.1. The van der Waals surface area contributed by atoms with E-state index in [-0.39, 0.29) is 5.78 Å². The second-order valence-corrected chi connectivity index (χ2v) is 8.97. The Balaban J connectivity index is 1.35. The van der Waals surface area contributed by atoms with Crippen LogP contribution < -0.4 is 15.2 Å². The molecule has 0 atom stereocenters. The van der Waals surface area contributed by atoms with Crippen molar-refractivity contribution in [1.82, 2.24) is 15.0 Å². The highest BCUT2D eigenvalue weighted by Crippen LogP contribution is 2.31. The summed E-state index contributed by atoms with van der Waals surface area (Å²) in [6, 6.07) is 11.7. The van der Waals surface area contributed by atoms with Crippen molar-refractivity contribution in [2.45, 2.75) is 38.5 Å². The Labute approximate surface area is 192 Å². The summed E-state index contributed by atoms with van der Waals surface area (Å²) >= 11 is 0. The molecule has 2 fully saturated rings. The molecule has 2 aromatic carbocycles. The van der Waals surface area contributed by atoms with Crippen LogP contribution in [0.15, 0.2) is 41.5 Å². The Bertz CT molecular complexity index is 1200. The van der Waals surface area contributed by atoms with Crippen LogP contribution in [-0.2, 0) is 0 Å². The molecule has 1 N–H and O–H groups in total. The number of Topliss-reactive ketones (excluding diaryl/α,β-unsaturated/α-hetero) is 1. The van der Waals surface area contributed by atoms with Gasteiger partial charge in [0.1, 0.15) is 5.71 Å². The van der Waals surface area contributed by atoms with Gasteiger partial charge in [0.25, 0.3) is 0 Å². The number of carbonyl (C=O) groups is 1. The van der Waals surface area contributed by atoms with Crippen LogP contribution in [0.1, 0.15) is 54.4 Å². The lowest BCUT2D eigenvalue weighted by Crippen LogP contribution is -2.34. The highest BCUT2D eigenvalue weighted by Gasteiger charge is 2.29. The fourth-order valence-electron chi connectivity index (χ4n) is 5.07. The van der Waals surface area contributed by atoms with Crippen LogP contribution in [0.3, 0.4) is 0 Å². The lowest BCUT2D eigenvalue weighted by Gasteiger charge is -2.30. The first-order valence-corrected chi connectivity index (χ1v) is 11.9. The third-order valence-corrected chi connectivity index (χ3v) is 6.78. The van der Waals surface area contributed by atoms with E-state index >= 15 is 0 Å². The van der Waals surface area contributed by atoms with E-state index in [0.717, 1.165) is 68.2 Å². The third-order valence-electron chi connectivity index (χ3n) is 6.78. The fraction of sp³-hybridized carbons (Fsp3) is 0.400. The van der Waals surface area contributed by atoms with E-state index < -0.39 is 0 Å². The predicted molar refractivity (Wildman–Crippen MR) is 130 cm³/mol. The van der Waals surface area contributed by atoms with Crippen LogP contribution in [0.5, 0.6) is 0 Å². The minimum absolute atomic E-state index is 0.0733. The summed E-state index contributed by atoms with van der Waals surface area (Å²) in [5, 5.41) is 6.52. The van der Waals surface area contributed by atoms with Crippen molar-refractivity contribution in [3.8, 4) is 0 Å². The molecule has 1 aromatic heterocycles. The van der Waals surface area contributed by atoms with Gasteiger partial charge in [-0.1, -0.05) is 36.4 Å². The molecule has 0 amide bonds. The van der Waals surface area contributed by atoms with Crippen molar-refractivity contribution < 1.29 is 4.79 Å². The van der Waals surface area contributed by atoms with Crippen LogP contribution in [0.4, 0.5) is 17.8 Å². The standard InChI is InChI=1S/C25H27N7O/c33-22-19-12-8-10-17-9-7-11-18(20(17)19)21(22)29-30-23-26-24(31-13-3-1-4-14-31)28-25(27-23)32-15-5-2-6-16-32/h7-12H,1-6,13-16H2,(H,26,27,28,30)/b29-21+. The lowest BCUT2D eigenvalue weighted by atomic mass is 10.1. The van der Waals surface area contributed by atoms with Crippen LogP contribution >= 0.6 is 0 Å². The van der Waals surface area contributed by atoms with E-state index in [0.29, 0.717) is 29.1 Å². The summed E-state index contributed by atoms with van der Waals surface area (Å²) in [5.41, 5.74) is 4.96. The molecule has 3 aromatic rings. The molecule has 0 bridgehead atoms. The van der Waals surface area contributed by atoms with Gasteiger partial charge in [-0.3, -0.25) is 4.79 Å². The highest BCUT2D eigenvalue weighted by molar-refractivity contribution is 6.59. The maximum absolute atomic E-state index is 13.1. The molecule has 33 heavy (non-hydrogen) atoms. The minimum atomic E-state index is -0.0733. The smallest absolute Gasteiger partial charge is 0.250 e. The van der Waals surface area contributed by atoms with Gasteiger partial charge in [-0.2, -0.15) is 20.1 Å². The second-order valence-electron chi connectivity index (χ2n) is 8.97. The number of nitrogens with one attached hydrogen (secondary N) is 1. The zero-order valence-corrected chi connectivity index (χ0v) is 18.6. The molecule has 8 nitrogen and oxygen atoms in total. The molecule has 3 aliphatic rings. The van der Waals surface area contributed by atoms with Crippen molar-refractivity contribution in [3.63, 3.8) is 0 Å². The molecule has 0 radical (unpaired) electrons. The summed E-state index contributed by atoms with van der Waals surface area (Å²) in [5.74, 6) is 1.69. The molecule has 2 saturated heterocycles. The number of piperidine rings is 2. The molecule has 0 unspecified atom stereocenters. The van der Waals surface area contributed by atoms with Crippen molar-refractivity contribution >= 4 is 40.1 Å². The first-order chi connectivity index (χ1) is 16.3. The third kappa shape index (κ3) is 3.69. The number of carbonyl (C=O) groups excluding carboxylic acids is 1. The number of hydrogen-bond acceptors (Lipinski definition) is 8. The van der Waals surface area contributed by atoms with Crippen molar-refractivity contribution in [1.29, 1.82) is 0 Å². The number of anilines is 3. The fourth-order valence-corrected chi connectivity index (χ4v) is 5.07. The van der Waals surface area contributed by atoms with Gasteiger partial charge >= 0.3 is 0 Å². The monoisotopic (exact) mass is 441 g/mol. The van der Waals surface area contributed by atoms with Gasteiger partial charge in [-0.05, 0) is 43.9 Å². The molecule has 168 valence electrons. The van der Waals surface area contributed by atoms with E-state index in [1.807, 2.05) is 36.4 Å². The first kappa shape index (κ1) is 20.1. The van der Waals surface area contributed by atoms with Crippen molar-refractivity contribution in [2.24, 2.45) is 5.10 Å². The SMILES string of the molecule is O=C1/C(=N/Nc2nc(N3CCCCC3)nc(N3CCCCC3)n2)c2cccc3cccc1c23. The van der Waals surface area contributed by atoms with Crippen molar-refractivity contribution in [2.75, 3.05) is 41.4 Å². The second kappa shape index (κ2) is 8.42. The summed E-state index contributed by atoms with van der Waals surface area (Å²) in [4.78, 5) is 31.7. The molecule has 0 saturated carbocycles. The van der Waals surface area contributed by atoms with Gasteiger partial charge in [0.2, 0.25) is 23.6 Å². The first-order valence-electron chi connectivity index (χ1n) is 11.9. The largest absolute Gasteiger partial charge is 0.341 e. The zero-order valence-electron chi connectivity index (χ0n) is 18.6. The van der Waals surface area contributed by atoms with E-state index in [9.17, 15) is 4.79 Å². The summed E-state index contributed by atoms with van der Waals surface area (Å²) in [6.07, 6.45) is 7.07. The Morgan fingerprint density at radius 2 is 1.30 bits per heavy atom. The summed E-state index contributed by atoms with van der Waals surface area (Å²) in [6.45, 7) is 3.81. The Morgan fingerprint density at radius 3 is 1.91 bits per heavy atom. The van der Waals surface area contributed by atoms with Crippen molar-refractivity contribution in [3.05, 3.63) is 47.5 Å². The normalized spacial score (nSPS) is 19.5. The van der Waals surface area contributed by atoms with Gasteiger partial charge in [-0.25, -0.2) is 5.43 Å².